The second-order valence-electron chi connectivity index (χ2n) is 6.31. The fourth-order valence-electron chi connectivity index (χ4n) is 2.36. The van der Waals surface area contributed by atoms with Crippen LogP contribution in [-0.4, -0.2) is 41.4 Å². The van der Waals surface area contributed by atoms with Gasteiger partial charge in [-0.05, 0) is 50.1 Å². The molecule has 0 aliphatic carbocycles. The molecule has 6 nitrogen and oxygen atoms in total. The SMILES string of the molecule is CC(C)Oc1ccccc1NC(=O)CC(=O)N(C)CCc1ccncc1. The minimum Gasteiger partial charge on any atom is -0.489 e. The molecule has 138 valence electrons. The molecule has 1 aromatic carbocycles. The third-order valence-corrected chi connectivity index (χ3v) is 3.75. The summed E-state index contributed by atoms with van der Waals surface area (Å²) in [7, 11) is 1.70. The van der Waals surface area contributed by atoms with E-state index in [1.54, 1.807) is 36.5 Å². The lowest BCUT2D eigenvalue weighted by atomic mass is 10.2. The number of para-hydroxylation sites is 2. The van der Waals surface area contributed by atoms with Crippen LogP contribution in [0, 0.1) is 0 Å². The maximum atomic E-state index is 12.2. The number of hydrogen-bond acceptors (Lipinski definition) is 4. The fourth-order valence-corrected chi connectivity index (χ4v) is 2.36. The van der Waals surface area contributed by atoms with Crippen molar-refractivity contribution in [3.8, 4) is 5.75 Å². The number of anilines is 1. The molecular formula is C20H25N3O3. The number of carbonyl (C=O) groups is 2. The van der Waals surface area contributed by atoms with Crippen molar-refractivity contribution in [2.75, 3.05) is 18.9 Å². The maximum absolute atomic E-state index is 12.2. The molecule has 0 spiro atoms. The zero-order chi connectivity index (χ0) is 18.9. The van der Waals surface area contributed by atoms with Crippen LogP contribution in [-0.2, 0) is 16.0 Å². The molecule has 0 unspecified atom stereocenters. The first kappa shape index (κ1) is 19.4. The van der Waals surface area contributed by atoms with Crippen LogP contribution in [0.15, 0.2) is 48.8 Å². The molecule has 0 bridgehead atoms. The Morgan fingerprint density at radius 3 is 2.54 bits per heavy atom. The summed E-state index contributed by atoms with van der Waals surface area (Å²) in [6.45, 7) is 4.38. The van der Waals surface area contributed by atoms with E-state index in [2.05, 4.69) is 10.3 Å². The van der Waals surface area contributed by atoms with Gasteiger partial charge >= 0.3 is 0 Å². The molecule has 0 atom stereocenters. The molecule has 2 aromatic rings. The average molecular weight is 355 g/mol. The van der Waals surface area contributed by atoms with Crippen molar-refractivity contribution < 1.29 is 14.3 Å². The summed E-state index contributed by atoms with van der Waals surface area (Å²) in [4.78, 5) is 30.0. The van der Waals surface area contributed by atoms with Crippen LogP contribution in [0.1, 0.15) is 25.8 Å². The van der Waals surface area contributed by atoms with E-state index in [1.807, 2.05) is 38.1 Å². The first-order valence-electron chi connectivity index (χ1n) is 8.64. The number of benzene rings is 1. The quantitative estimate of drug-likeness (QED) is 0.739. The van der Waals surface area contributed by atoms with Crippen molar-refractivity contribution in [2.45, 2.75) is 32.8 Å². The van der Waals surface area contributed by atoms with E-state index in [1.165, 1.54) is 0 Å². The first-order valence-corrected chi connectivity index (χ1v) is 8.64. The number of likely N-dealkylation sites (N-methyl/N-ethyl adjacent to an activating group) is 1. The third-order valence-electron chi connectivity index (χ3n) is 3.75. The van der Waals surface area contributed by atoms with Crippen LogP contribution in [0.3, 0.4) is 0 Å². The second-order valence-corrected chi connectivity index (χ2v) is 6.31. The molecule has 0 saturated heterocycles. The lowest BCUT2D eigenvalue weighted by Crippen LogP contribution is -2.32. The normalized spacial score (nSPS) is 10.5. The number of hydrogen-bond donors (Lipinski definition) is 1. The van der Waals surface area contributed by atoms with Gasteiger partial charge in [-0.25, -0.2) is 0 Å². The Labute approximate surface area is 154 Å². The average Bonchev–Trinajstić information content (AvgIpc) is 2.61. The van der Waals surface area contributed by atoms with E-state index in [4.69, 9.17) is 4.74 Å². The van der Waals surface area contributed by atoms with Gasteiger partial charge in [0.05, 0.1) is 11.8 Å². The topological polar surface area (TPSA) is 71.5 Å². The minimum atomic E-state index is -0.356. The van der Waals surface area contributed by atoms with E-state index >= 15 is 0 Å². The van der Waals surface area contributed by atoms with Gasteiger partial charge in [-0.2, -0.15) is 0 Å². The van der Waals surface area contributed by atoms with E-state index in [0.717, 1.165) is 12.0 Å². The Balaban J connectivity index is 1.86. The van der Waals surface area contributed by atoms with Crippen molar-refractivity contribution in [1.29, 1.82) is 0 Å². The van der Waals surface area contributed by atoms with E-state index in [9.17, 15) is 9.59 Å². The molecule has 0 aliphatic rings. The van der Waals surface area contributed by atoms with Gasteiger partial charge in [0, 0.05) is 26.0 Å². The highest BCUT2D eigenvalue weighted by atomic mass is 16.5. The molecule has 0 radical (unpaired) electrons. The van der Waals surface area contributed by atoms with Gasteiger partial charge in [-0.1, -0.05) is 12.1 Å². The largest absolute Gasteiger partial charge is 0.489 e. The summed E-state index contributed by atoms with van der Waals surface area (Å²) in [6.07, 6.45) is 3.96. The Morgan fingerprint density at radius 2 is 1.85 bits per heavy atom. The molecular weight excluding hydrogens is 330 g/mol. The fraction of sp³-hybridized carbons (Fsp3) is 0.350. The number of aromatic nitrogens is 1. The summed E-state index contributed by atoms with van der Waals surface area (Å²) < 4.78 is 5.67. The van der Waals surface area contributed by atoms with Crippen molar-refractivity contribution in [3.05, 3.63) is 54.4 Å². The minimum absolute atomic E-state index is 0.00555. The van der Waals surface area contributed by atoms with Gasteiger partial charge in [0.15, 0.2) is 0 Å². The van der Waals surface area contributed by atoms with Crippen LogP contribution >= 0.6 is 0 Å². The van der Waals surface area contributed by atoms with Crippen LogP contribution < -0.4 is 10.1 Å². The number of nitrogens with zero attached hydrogens (tertiary/aromatic N) is 2. The third kappa shape index (κ3) is 6.20. The zero-order valence-electron chi connectivity index (χ0n) is 15.4. The van der Waals surface area contributed by atoms with Gasteiger partial charge in [0.1, 0.15) is 12.2 Å². The summed E-state index contributed by atoms with van der Waals surface area (Å²) in [5, 5.41) is 2.76. The smallest absolute Gasteiger partial charge is 0.233 e. The van der Waals surface area contributed by atoms with Crippen molar-refractivity contribution in [1.82, 2.24) is 9.88 Å². The highest BCUT2D eigenvalue weighted by molar-refractivity contribution is 6.04. The predicted octanol–water partition coefficient (Wildman–Crippen LogP) is 2.90. The highest BCUT2D eigenvalue weighted by Gasteiger charge is 2.15. The molecule has 1 heterocycles. The van der Waals surface area contributed by atoms with E-state index in [0.29, 0.717) is 18.0 Å². The van der Waals surface area contributed by atoms with Gasteiger partial charge in [0.2, 0.25) is 11.8 Å². The maximum Gasteiger partial charge on any atom is 0.233 e. The van der Waals surface area contributed by atoms with Crippen LogP contribution in [0.4, 0.5) is 5.69 Å². The Morgan fingerprint density at radius 1 is 1.15 bits per heavy atom. The van der Waals surface area contributed by atoms with Gasteiger partial charge in [0.25, 0.3) is 0 Å². The molecule has 0 saturated carbocycles. The van der Waals surface area contributed by atoms with Gasteiger partial charge in [-0.3, -0.25) is 14.6 Å². The van der Waals surface area contributed by atoms with E-state index in [-0.39, 0.29) is 24.3 Å². The lowest BCUT2D eigenvalue weighted by Gasteiger charge is -2.18. The summed E-state index contributed by atoms with van der Waals surface area (Å²) in [5.74, 6) is 0.0127. The second kappa shape index (κ2) is 9.56. The number of nitrogens with one attached hydrogen (secondary N) is 1. The molecule has 26 heavy (non-hydrogen) atoms. The van der Waals surface area contributed by atoms with Gasteiger partial charge in [-0.15, -0.1) is 0 Å². The molecule has 1 aromatic heterocycles. The molecule has 1 N–H and O–H groups in total. The van der Waals surface area contributed by atoms with Crippen LogP contribution in [0.5, 0.6) is 5.75 Å². The Bertz CT molecular complexity index is 732. The monoisotopic (exact) mass is 355 g/mol. The number of amides is 2. The standard InChI is InChI=1S/C20H25N3O3/c1-15(2)26-18-7-5-4-6-17(18)22-19(24)14-20(25)23(3)13-10-16-8-11-21-12-9-16/h4-9,11-12,15H,10,13-14H2,1-3H3,(H,22,24). The summed E-state index contributed by atoms with van der Waals surface area (Å²) in [6, 6.07) is 11.0. The number of pyridine rings is 1. The van der Waals surface area contributed by atoms with E-state index < -0.39 is 0 Å². The molecule has 0 aliphatic heterocycles. The summed E-state index contributed by atoms with van der Waals surface area (Å²) >= 11 is 0. The van der Waals surface area contributed by atoms with Crippen molar-refractivity contribution in [3.63, 3.8) is 0 Å². The zero-order valence-corrected chi connectivity index (χ0v) is 15.4. The number of carbonyl (C=O) groups excluding carboxylic acids is 2. The summed E-state index contributed by atoms with van der Waals surface area (Å²) in [5.41, 5.74) is 1.67. The predicted molar refractivity (Wildman–Crippen MR) is 101 cm³/mol. The number of ether oxygens (including phenoxy) is 1. The van der Waals surface area contributed by atoms with Crippen molar-refractivity contribution >= 4 is 17.5 Å². The van der Waals surface area contributed by atoms with Crippen LogP contribution in [0.2, 0.25) is 0 Å². The lowest BCUT2D eigenvalue weighted by molar-refractivity contribution is -0.133. The Kier molecular flexibility index (Phi) is 7.14. The van der Waals surface area contributed by atoms with Gasteiger partial charge < -0.3 is 15.0 Å². The van der Waals surface area contributed by atoms with Crippen molar-refractivity contribution in [2.24, 2.45) is 0 Å². The Hall–Kier alpha value is -2.89. The first-order chi connectivity index (χ1) is 12.5. The molecule has 6 heteroatoms. The van der Waals surface area contributed by atoms with Crippen LogP contribution in [0.25, 0.3) is 0 Å². The highest BCUT2D eigenvalue weighted by Crippen LogP contribution is 2.24. The molecule has 0 fully saturated rings. The molecule has 2 rings (SSSR count). The number of rotatable bonds is 8. The molecule has 2 amide bonds.